The van der Waals surface area contributed by atoms with Crippen molar-refractivity contribution in [3.63, 3.8) is 0 Å². The van der Waals surface area contributed by atoms with Gasteiger partial charge in [-0.3, -0.25) is 0 Å². The third kappa shape index (κ3) is 3.06. The Morgan fingerprint density at radius 2 is 1.78 bits per heavy atom. The second kappa shape index (κ2) is 5.88. The van der Waals surface area contributed by atoms with Crippen molar-refractivity contribution >= 4 is 9.84 Å². The Morgan fingerprint density at radius 1 is 1.22 bits per heavy atom. The average Bonchev–Trinajstić information content (AvgIpc) is 2.26. The fourth-order valence-corrected chi connectivity index (χ4v) is 4.57. The highest BCUT2D eigenvalue weighted by Crippen LogP contribution is 2.56. The quantitative estimate of drug-likeness (QED) is 0.685. The average molecular weight is 277 g/mol. The molecule has 5 heteroatoms. The summed E-state index contributed by atoms with van der Waals surface area (Å²) >= 11 is 0. The van der Waals surface area contributed by atoms with Crippen LogP contribution in [0.25, 0.3) is 0 Å². The van der Waals surface area contributed by atoms with Crippen LogP contribution in [0.1, 0.15) is 39.5 Å². The summed E-state index contributed by atoms with van der Waals surface area (Å²) in [5, 5.41) is 3.22. The van der Waals surface area contributed by atoms with Gasteiger partial charge in [0.2, 0.25) is 0 Å². The van der Waals surface area contributed by atoms with Gasteiger partial charge in [-0.2, -0.15) is 0 Å². The third-order valence-electron chi connectivity index (χ3n) is 4.61. The van der Waals surface area contributed by atoms with Gasteiger partial charge in [0.25, 0.3) is 0 Å². The SMILES string of the molecule is CCC1(CC)CC(CNCCOC)(S(C)(=O)=O)C1. The van der Waals surface area contributed by atoms with Crippen LogP contribution < -0.4 is 5.32 Å². The van der Waals surface area contributed by atoms with E-state index in [0.717, 1.165) is 25.7 Å². The van der Waals surface area contributed by atoms with E-state index in [9.17, 15) is 8.42 Å². The Bertz CT molecular complexity index is 352. The van der Waals surface area contributed by atoms with Gasteiger partial charge in [0.1, 0.15) is 0 Å². The normalized spacial score (nSPS) is 21.6. The Kier molecular flexibility index (Phi) is 5.21. The van der Waals surface area contributed by atoms with Crippen LogP contribution in [-0.4, -0.2) is 46.2 Å². The molecule has 0 saturated heterocycles. The van der Waals surface area contributed by atoms with Crippen LogP contribution in [0, 0.1) is 5.41 Å². The summed E-state index contributed by atoms with van der Waals surface area (Å²) in [4.78, 5) is 0. The van der Waals surface area contributed by atoms with Crippen LogP contribution in [0.2, 0.25) is 0 Å². The lowest BCUT2D eigenvalue weighted by Gasteiger charge is -2.55. The van der Waals surface area contributed by atoms with Crippen molar-refractivity contribution in [1.82, 2.24) is 5.32 Å². The number of hydrogen-bond donors (Lipinski definition) is 1. The minimum Gasteiger partial charge on any atom is -0.383 e. The minimum absolute atomic E-state index is 0.242. The maximum Gasteiger partial charge on any atom is 0.154 e. The molecule has 0 spiro atoms. The van der Waals surface area contributed by atoms with Gasteiger partial charge in [0, 0.05) is 26.5 Å². The summed E-state index contributed by atoms with van der Waals surface area (Å²) in [6.07, 6.45) is 5.11. The van der Waals surface area contributed by atoms with Gasteiger partial charge in [0.05, 0.1) is 11.4 Å². The molecule has 0 heterocycles. The summed E-state index contributed by atoms with van der Waals surface area (Å²) in [5.41, 5.74) is 0.242. The lowest BCUT2D eigenvalue weighted by atomic mass is 9.58. The fraction of sp³-hybridized carbons (Fsp3) is 1.00. The number of rotatable bonds is 8. The molecular formula is C13H27NO3S. The van der Waals surface area contributed by atoms with Gasteiger partial charge in [-0.1, -0.05) is 26.7 Å². The van der Waals surface area contributed by atoms with E-state index in [2.05, 4.69) is 19.2 Å². The van der Waals surface area contributed by atoms with Crippen LogP contribution in [0.3, 0.4) is 0 Å². The van der Waals surface area contributed by atoms with Gasteiger partial charge >= 0.3 is 0 Å². The van der Waals surface area contributed by atoms with Crippen molar-refractivity contribution in [2.24, 2.45) is 5.41 Å². The molecule has 4 nitrogen and oxygen atoms in total. The van der Waals surface area contributed by atoms with Gasteiger partial charge in [-0.25, -0.2) is 8.42 Å². The topological polar surface area (TPSA) is 55.4 Å². The minimum atomic E-state index is -3.01. The standard InChI is InChI=1S/C13H27NO3S/c1-5-12(6-2)9-13(10-12,18(4,15)16)11-14-7-8-17-3/h14H,5-11H2,1-4H3. The Balaban J connectivity index is 2.66. The molecule has 1 aliphatic carbocycles. The summed E-state index contributed by atoms with van der Waals surface area (Å²) in [6.45, 7) is 6.20. The first-order valence-corrected chi connectivity index (χ1v) is 8.63. The smallest absolute Gasteiger partial charge is 0.154 e. The lowest BCUT2D eigenvalue weighted by molar-refractivity contribution is 0.0632. The second-order valence-corrected chi connectivity index (χ2v) is 8.10. The molecule has 0 amide bonds. The maximum absolute atomic E-state index is 12.0. The van der Waals surface area contributed by atoms with Gasteiger partial charge in [-0.15, -0.1) is 0 Å². The molecule has 1 saturated carbocycles. The van der Waals surface area contributed by atoms with E-state index in [1.54, 1.807) is 7.11 Å². The van der Waals surface area contributed by atoms with Gasteiger partial charge in [0.15, 0.2) is 9.84 Å². The van der Waals surface area contributed by atoms with E-state index in [1.807, 2.05) is 0 Å². The molecular weight excluding hydrogens is 250 g/mol. The largest absolute Gasteiger partial charge is 0.383 e. The summed E-state index contributed by atoms with van der Waals surface area (Å²) in [7, 11) is -1.36. The molecule has 0 atom stereocenters. The summed E-state index contributed by atoms with van der Waals surface area (Å²) < 4.78 is 28.5. The Morgan fingerprint density at radius 3 is 2.17 bits per heavy atom. The highest BCUT2D eigenvalue weighted by atomic mass is 32.2. The maximum atomic E-state index is 12.0. The lowest BCUT2D eigenvalue weighted by Crippen LogP contribution is -2.61. The zero-order valence-corrected chi connectivity index (χ0v) is 12.9. The summed E-state index contributed by atoms with van der Waals surface area (Å²) in [6, 6.07) is 0. The molecule has 1 fully saturated rings. The van der Waals surface area contributed by atoms with Crippen LogP contribution in [0.4, 0.5) is 0 Å². The zero-order chi connectivity index (χ0) is 13.9. The first kappa shape index (κ1) is 15.9. The number of nitrogens with one attached hydrogen (secondary N) is 1. The Labute approximate surface area is 111 Å². The van der Waals surface area contributed by atoms with E-state index < -0.39 is 14.6 Å². The predicted octanol–water partition coefficient (Wildman–Crippen LogP) is 1.61. The van der Waals surface area contributed by atoms with Gasteiger partial charge < -0.3 is 10.1 Å². The molecule has 0 radical (unpaired) electrons. The molecule has 0 aromatic carbocycles. The highest BCUT2D eigenvalue weighted by Gasteiger charge is 2.57. The van der Waals surface area contributed by atoms with Crippen LogP contribution >= 0.6 is 0 Å². The molecule has 18 heavy (non-hydrogen) atoms. The molecule has 0 aliphatic heterocycles. The molecule has 0 bridgehead atoms. The van der Waals surface area contributed by atoms with Crippen molar-refractivity contribution in [3.05, 3.63) is 0 Å². The molecule has 0 unspecified atom stereocenters. The molecule has 1 aliphatic rings. The van der Waals surface area contributed by atoms with E-state index >= 15 is 0 Å². The fourth-order valence-electron chi connectivity index (χ4n) is 3.07. The first-order valence-electron chi connectivity index (χ1n) is 6.74. The zero-order valence-electron chi connectivity index (χ0n) is 12.1. The van der Waals surface area contributed by atoms with E-state index in [4.69, 9.17) is 4.74 Å². The van der Waals surface area contributed by atoms with Crippen LogP contribution in [0.5, 0.6) is 0 Å². The first-order chi connectivity index (χ1) is 8.35. The monoisotopic (exact) mass is 277 g/mol. The second-order valence-electron chi connectivity index (χ2n) is 5.69. The molecule has 1 rings (SSSR count). The van der Waals surface area contributed by atoms with E-state index in [-0.39, 0.29) is 5.41 Å². The van der Waals surface area contributed by atoms with Crippen molar-refractivity contribution < 1.29 is 13.2 Å². The van der Waals surface area contributed by atoms with E-state index in [1.165, 1.54) is 6.26 Å². The van der Waals surface area contributed by atoms with Crippen LogP contribution in [-0.2, 0) is 14.6 Å². The number of ether oxygens (including phenoxy) is 1. The number of sulfone groups is 1. The molecule has 1 N–H and O–H groups in total. The molecule has 0 aromatic rings. The van der Waals surface area contributed by atoms with Crippen LogP contribution in [0.15, 0.2) is 0 Å². The van der Waals surface area contributed by atoms with E-state index in [0.29, 0.717) is 19.7 Å². The Hall–Kier alpha value is -0.130. The summed E-state index contributed by atoms with van der Waals surface area (Å²) in [5.74, 6) is 0. The van der Waals surface area contributed by atoms with Crippen molar-refractivity contribution in [2.45, 2.75) is 44.3 Å². The van der Waals surface area contributed by atoms with Crippen molar-refractivity contribution in [2.75, 3.05) is 33.1 Å². The van der Waals surface area contributed by atoms with Crippen molar-refractivity contribution in [3.8, 4) is 0 Å². The predicted molar refractivity (Wildman–Crippen MR) is 74.6 cm³/mol. The number of hydrogen-bond acceptors (Lipinski definition) is 4. The number of methoxy groups -OCH3 is 1. The highest BCUT2D eigenvalue weighted by molar-refractivity contribution is 7.92. The molecule has 108 valence electrons. The molecule has 0 aromatic heterocycles. The van der Waals surface area contributed by atoms with Gasteiger partial charge in [-0.05, 0) is 18.3 Å². The third-order valence-corrected chi connectivity index (χ3v) is 6.62. The van der Waals surface area contributed by atoms with Crippen molar-refractivity contribution in [1.29, 1.82) is 0 Å².